The number of rotatable bonds is 5. The summed E-state index contributed by atoms with van der Waals surface area (Å²) in [4.78, 5) is 0. The zero-order valence-electron chi connectivity index (χ0n) is 11.6. The average Bonchev–Trinajstić information content (AvgIpc) is 2.81. The fourth-order valence-electron chi connectivity index (χ4n) is 3.04. The van der Waals surface area contributed by atoms with Gasteiger partial charge in [-0.05, 0) is 55.5 Å². The smallest absolute Gasteiger partial charge is 0.121 e. The highest BCUT2D eigenvalue weighted by atomic mass is 16.3. The van der Waals surface area contributed by atoms with Crippen molar-refractivity contribution < 1.29 is 4.42 Å². The van der Waals surface area contributed by atoms with Crippen molar-refractivity contribution in [1.82, 2.24) is 5.32 Å². The average molecular weight is 255 g/mol. The van der Waals surface area contributed by atoms with E-state index in [1.54, 1.807) is 0 Å². The van der Waals surface area contributed by atoms with Gasteiger partial charge in [0.05, 0.1) is 6.04 Å². The van der Waals surface area contributed by atoms with E-state index in [1.165, 1.54) is 17.5 Å². The third-order valence-electron chi connectivity index (χ3n) is 4.04. The van der Waals surface area contributed by atoms with E-state index in [2.05, 4.69) is 42.6 Å². The van der Waals surface area contributed by atoms with Gasteiger partial charge < -0.3 is 9.73 Å². The number of fused-ring (bicyclic) bond motifs is 1. The van der Waals surface area contributed by atoms with Crippen molar-refractivity contribution in [2.75, 3.05) is 6.54 Å². The number of aryl methyl sites for hydroxylation is 1. The lowest BCUT2D eigenvalue weighted by Gasteiger charge is -2.32. The van der Waals surface area contributed by atoms with Crippen LogP contribution in [0.15, 0.2) is 40.8 Å². The van der Waals surface area contributed by atoms with Crippen LogP contribution in [-0.4, -0.2) is 6.54 Å². The fraction of sp³-hybridized carbons (Fsp3) is 0.412. The summed E-state index contributed by atoms with van der Waals surface area (Å²) in [6.07, 6.45) is 2.33. The summed E-state index contributed by atoms with van der Waals surface area (Å²) in [5.41, 5.74) is 3.03. The third kappa shape index (κ3) is 2.45. The molecule has 0 amide bonds. The Hall–Kier alpha value is -1.54. The van der Waals surface area contributed by atoms with Crippen LogP contribution < -0.4 is 5.32 Å². The number of nitrogens with one attached hydrogen (secondary N) is 1. The van der Waals surface area contributed by atoms with Crippen molar-refractivity contribution in [1.29, 1.82) is 0 Å². The molecule has 0 bridgehead atoms. The Morgan fingerprint density at radius 3 is 2.79 bits per heavy atom. The van der Waals surface area contributed by atoms with E-state index in [1.807, 2.05) is 13.0 Å². The van der Waals surface area contributed by atoms with Crippen molar-refractivity contribution in [2.45, 2.75) is 38.6 Å². The molecule has 2 atom stereocenters. The zero-order valence-corrected chi connectivity index (χ0v) is 11.6. The summed E-state index contributed by atoms with van der Waals surface area (Å²) < 4.78 is 5.79. The molecule has 0 aliphatic heterocycles. The van der Waals surface area contributed by atoms with Crippen LogP contribution in [0.3, 0.4) is 0 Å². The number of furan rings is 1. The first kappa shape index (κ1) is 12.5. The Morgan fingerprint density at radius 1 is 1.26 bits per heavy atom. The molecular formula is C17H21NO. The summed E-state index contributed by atoms with van der Waals surface area (Å²) in [6.45, 7) is 5.13. The van der Waals surface area contributed by atoms with Crippen LogP contribution in [0, 0.1) is 6.92 Å². The van der Waals surface area contributed by atoms with Gasteiger partial charge in [-0.1, -0.05) is 31.2 Å². The van der Waals surface area contributed by atoms with Crippen molar-refractivity contribution in [3.05, 3.63) is 59.0 Å². The van der Waals surface area contributed by atoms with Gasteiger partial charge in [0, 0.05) is 0 Å². The van der Waals surface area contributed by atoms with Crippen LogP contribution >= 0.6 is 0 Å². The Kier molecular flexibility index (Phi) is 3.43. The minimum absolute atomic E-state index is 0.331. The predicted octanol–water partition coefficient (Wildman–Crippen LogP) is 3.97. The van der Waals surface area contributed by atoms with E-state index in [0.717, 1.165) is 24.5 Å². The molecule has 0 spiro atoms. The summed E-state index contributed by atoms with van der Waals surface area (Å²) >= 11 is 0. The first-order chi connectivity index (χ1) is 9.28. The van der Waals surface area contributed by atoms with Crippen molar-refractivity contribution >= 4 is 0 Å². The van der Waals surface area contributed by atoms with Gasteiger partial charge in [-0.2, -0.15) is 0 Å². The normalized spacial score (nSPS) is 18.7. The van der Waals surface area contributed by atoms with Gasteiger partial charge in [0.25, 0.3) is 0 Å². The Bertz CT molecular complexity index is 558. The lowest BCUT2D eigenvalue weighted by Crippen LogP contribution is -2.26. The molecule has 1 aliphatic carbocycles. The lowest BCUT2D eigenvalue weighted by molar-refractivity contribution is 0.360. The van der Waals surface area contributed by atoms with Crippen molar-refractivity contribution in [3.63, 3.8) is 0 Å². The SMILES string of the molecule is CCNC(CC1Cc2ccccc21)c1ccc(C)o1. The highest BCUT2D eigenvalue weighted by Gasteiger charge is 2.29. The second kappa shape index (κ2) is 5.22. The number of benzene rings is 1. The Balaban J connectivity index is 1.73. The molecular weight excluding hydrogens is 234 g/mol. The zero-order chi connectivity index (χ0) is 13.2. The lowest BCUT2D eigenvalue weighted by atomic mass is 9.74. The molecule has 0 saturated carbocycles. The predicted molar refractivity (Wildman–Crippen MR) is 77.4 cm³/mol. The quantitative estimate of drug-likeness (QED) is 0.874. The molecule has 0 fully saturated rings. The highest BCUT2D eigenvalue weighted by Crippen LogP contribution is 2.40. The minimum Gasteiger partial charge on any atom is -0.465 e. The highest BCUT2D eigenvalue weighted by molar-refractivity contribution is 5.40. The van der Waals surface area contributed by atoms with Gasteiger partial charge in [-0.25, -0.2) is 0 Å². The molecule has 0 saturated heterocycles. The van der Waals surface area contributed by atoms with Crippen LogP contribution in [0.25, 0.3) is 0 Å². The molecule has 1 N–H and O–H groups in total. The Morgan fingerprint density at radius 2 is 2.11 bits per heavy atom. The molecule has 19 heavy (non-hydrogen) atoms. The maximum Gasteiger partial charge on any atom is 0.121 e. The molecule has 2 heteroatoms. The van der Waals surface area contributed by atoms with E-state index in [-0.39, 0.29) is 0 Å². The van der Waals surface area contributed by atoms with Crippen LogP contribution in [-0.2, 0) is 6.42 Å². The fourth-order valence-corrected chi connectivity index (χ4v) is 3.04. The molecule has 3 rings (SSSR count). The van der Waals surface area contributed by atoms with Crippen LogP contribution in [0.2, 0.25) is 0 Å². The topological polar surface area (TPSA) is 25.2 Å². The second-order valence-corrected chi connectivity index (χ2v) is 5.39. The van der Waals surface area contributed by atoms with Gasteiger partial charge in [-0.15, -0.1) is 0 Å². The minimum atomic E-state index is 0.331. The van der Waals surface area contributed by atoms with E-state index >= 15 is 0 Å². The van der Waals surface area contributed by atoms with E-state index < -0.39 is 0 Å². The Labute approximate surface area is 114 Å². The third-order valence-corrected chi connectivity index (χ3v) is 4.04. The summed E-state index contributed by atoms with van der Waals surface area (Å²) in [6, 6.07) is 13.3. The van der Waals surface area contributed by atoms with Crippen molar-refractivity contribution in [2.24, 2.45) is 0 Å². The summed E-state index contributed by atoms with van der Waals surface area (Å²) in [5.74, 6) is 2.74. The van der Waals surface area contributed by atoms with Gasteiger partial charge in [0.2, 0.25) is 0 Å². The monoisotopic (exact) mass is 255 g/mol. The van der Waals surface area contributed by atoms with E-state index in [0.29, 0.717) is 12.0 Å². The molecule has 2 aromatic rings. The van der Waals surface area contributed by atoms with Gasteiger partial charge in [0.15, 0.2) is 0 Å². The van der Waals surface area contributed by atoms with Crippen LogP contribution in [0.1, 0.15) is 48.0 Å². The van der Waals surface area contributed by atoms with E-state index in [9.17, 15) is 0 Å². The molecule has 2 nitrogen and oxygen atoms in total. The second-order valence-electron chi connectivity index (χ2n) is 5.39. The summed E-state index contributed by atoms with van der Waals surface area (Å²) in [5, 5.41) is 3.55. The summed E-state index contributed by atoms with van der Waals surface area (Å²) in [7, 11) is 0. The molecule has 2 unspecified atom stereocenters. The number of hydrogen-bond acceptors (Lipinski definition) is 2. The van der Waals surface area contributed by atoms with E-state index in [4.69, 9.17) is 4.42 Å². The largest absolute Gasteiger partial charge is 0.465 e. The first-order valence-corrected chi connectivity index (χ1v) is 7.15. The van der Waals surface area contributed by atoms with Crippen LogP contribution in [0.5, 0.6) is 0 Å². The molecule has 1 aliphatic rings. The maximum absolute atomic E-state index is 5.79. The first-order valence-electron chi connectivity index (χ1n) is 7.15. The molecule has 1 aromatic carbocycles. The van der Waals surface area contributed by atoms with Gasteiger partial charge >= 0.3 is 0 Å². The number of hydrogen-bond donors (Lipinski definition) is 1. The maximum atomic E-state index is 5.79. The molecule has 1 aromatic heterocycles. The molecule has 0 radical (unpaired) electrons. The van der Waals surface area contributed by atoms with Gasteiger partial charge in [0.1, 0.15) is 11.5 Å². The molecule has 1 heterocycles. The van der Waals surface area contributed by atoms with Crippen molar-refractivity contribution in [3.8, 4) is 0 Å². The standard InChI is InChI=1S/C17H21NO/c1-3-18-16(17-9-8-12(2)19-17)11-14-10-13-6-4-5-7-15(13)14/h4-9,14,16,18H,3,10-11H2,1-2H3. The van der Waals surface area contributed by atoms with Gasteiger partial charge in [-0.3, -0.25) is 0 Å². The van der Waals surface area contributed by atoms with Crippen LogP contribution in [0.4, 0.5) is 0 Å². The molecule has 100 valence electrons.